The second-order valence-corrected chi connectivity index (χ2v) is 18.5. The second-order valence-electron chi connectivity index (χ2n) is 16.4. The summed E-state index contributed by atoms with van der Waals surface area (Å²) in [6.07, 6.45) is 18.5. The maximum Gasteiger partial charge on any atom is 0.337 e. The summed E-state index contributed by atoms with van der Waals surface area (Å²) < 4.78 is 111. The molecule has 0 aromatic heterocycles. The Labute approximate surface area is 382 Å². The van der Waals surface area contributed by atoms with E-state index < -0.39 is 79.3 Å². The number of anilines is 4. The number of hydrogen-bond donors (Lipinski definition) is 1. The van der Waals surface area contributed by atoms with Gasteiger partial charge in [-0.05, 0) is 54.8 Å². The fourth-order valence-corrected chi connectivity index (χ4v) is 9.61. The van der Waals surface area contributed by atoms with Crippen molar-refractivity contribution in [1.82, 2.24) is 0 Å². The lowest BCUT2D eigenvalue weighted by atomic mass is 10.0. The smallest absolute Gasteiger partial charge is 0.337 e. The molecule has 1 atom stereocenters. The number of halogens is 6. The van der Waals surface area contributed by atoms with Crippen LogP contribution < -0.4 is 24.2 Å². The molecule has 1 N–H and O–H groups in total. The minimum absolute atomic E-state index is 0.0121. The van der Waals surface area contributed by atoms with E-state index in [2.05, 4.69) is 11.6 Å². The molecule has 4 aromatic rings. The Bertz CT molecular complexity index is 2430. The molecule has 0 saturated carbocycles. The van der Waals surface area contributed by atoms with E-state index in [1.165, 1.54) is 88.5 Å². The number of ether oxygens (including phenoxy) is 1. The average Bonchev–Trinajstić information content (AvgIpc) is 3.84. The monoisotopic (exact) mass is 944 g/mol. The number of nitrogens with zero attached hydrogens (tertiary/aromatic N) is 3. The Morgan fingerprint density at radius 2 is 1.25 bits per heavy atom. The van der Waals surface area contributed by atoms with Crippen LogP contribution in [0.2, 0.25) is 5.02 Å². The van der Waals surface area contributed by atoms with Crippen molar-refractivity contribution in [3.8, 4) is 5.75 Å². The summed E-state index contributed by atoms with van der Waals surface area (Å²) in [7, 11) is -4.55. The SMILES string of the molecule is CCCCCCCCCCCCCCCCCCOc1ccc(S(=O)(=O)Nc2ccccc2Cl)cc1N1C(=O)C(C(=O)N2CCc3ccccc32)N(c2c(F)c(F)c(F)c(F)c2F)C1=O. The highest BCUT2D eigenvalue weighted by atomic mass is 35.5. The molecule has 2 aliphatic rings. The van der Waals surface area contributed by atoms with Crippen molar-refractivity contribution in [2.24, 2.45) is 0 Å². The Balaban J connectivity index is 1.23. The topological polar surface area (TPSA) is 116 Å². The van der Waals surface area contributed by atoms with E-state index in [0.29, 0.717) is 24.1 Å². The van der Waals surface area contributed by atoms with E-state index in [4.69, 9.17) is 16.3 Å². The standard InChI is InChI=1S/C48H54ClF5N4O6S/c1-2-3-4-5-6-7-8-9-10-11-12-13-14-15-16-21-30-64-38-27-26-33(65(62,63)55-35-24-19-18-23-34(35)49)31-37(38)57-47(60)45(46(59)56-29-28-32-22-17-20-25-36(32)56)58(48(57)61)44-42(53)40(51)39(50)41(52)43(44)54/h17-20,22-27,31,45,55H,2-16,21,28-30H2,1H3. The number of rotatable bonds is 24. The molecule has 1 saturated heterocycles. The molecule has 6 rings (SSSR count). The lowest BCUT2D eigenvalue weighted by molar-refractivity contribution is -0.126. The molecule has 0 aliphatic carbocycles. The zero-order valence-corrected chi connectivity index (χ0v) is 37.9. The first-order valence-corrected chi connectivity index (χ1v) is 24.3. The first-order chi connectivity index (χ1) is 31.3. The van der Waals surface area contributed by atoms with E-state index in [9.17, 15) is 36.0 Å². The van der Waals surface area contributed by atoms with Gasteiger partial charge in [0.05, 0.1) is 27.9 Å². The third-order valence-corrected chi connectivity index (χ3v) is 13.5. The van der Waals surface area contributed by atoms with Gasteiger partial charge in [-0.2, -0.15) is 0 Å². The molecule has 350 valence electrons. The summed E-state index contributed by atoms with van der Waals surface area (Å²) in [5, 5.41) is 0.0447. The molecule has 4 amide bonds. The van der Waals surface area contributed by atoms with Crippen molar-refractivity contribution in [3.05, 3.63) is 106 Å². The van der Waals surface area contributed by atoms with Crippen LogP contribution >= 0.6 is 11.6 Å². The minimum atomic E-state index is -4.55. The third kappa shape index (κ3) is 11.4. The van der Waals surface area contributed by atoms with Gasteiger partial charge in [-0.1, -0.05) is 145 Å². The molecule has 1 fully saturated rings. The van der Waals surface area contributed by atoms with Gasteiger partial charge < -0.3 is 9.64 Å². The number of urea groups is 1. The van der Waals surface area contributed by atoms with Crippen LogP contribution in [0.4, 0.5) is 49.5 Å². The molecule has 4 aromatic carbocycles. The summed E-state index contributed by atoms with van der Waals surface area (Å²) in [6, 6.07) is 11.4. The van der Waals surface area contributed by atoms with Gasteiger partial charge in [-0.25, -0.2) is 40.1 Å². The zero-order chi connectivity index (χ0) is 46.7. The van der Waals surface area contributed by atoms with Crippen molar-refractivity contribution in [2.45, 2.75) is 127 Å². The van der Waals surface area contributed by atoms with Gasteiger partial charge in [0.25, 0.3) is 21.8 Å². The molecule has 17 heteroatoms. The third-order valence-electron chi connectivity index (χ3n) is 11.8. The summed E-state index contributed by atoms with van der Waals surface area (Å²) in [6.45, 7) is 2.20. The van der Waals surface area contributed by atoms with Crippen molar-refractivity contribution in [1.29, 1.82) is 0 Å². The first-order valence-electron chi connectivity index (χ1n) is 22.4. The van der Waals surface area contributed by atoms with Crippen molar-refractivity contribution < 1.29 is 49.5 Å². The van der Waals surface area contributed by atoms with Crippen LogP contribution in [0.3, 0.4) is 0 Å². The summed E-state index contributed by atoms with van der Waals surface area (Å²) in [5.74, 6) is -15.2. The van der Waals surface area contributed by atoms with Crippen LogP contribution in [0.5, 0.6) is 5.75 Å². The predicted molar refractivity (Wildman–Crippen MR) is 242 cm³/mol. The number of hydrogen-bond acceptors (Lipinski definition) is 6. The highest BCUT2D eigenvalue weighted by molar-refractivity contribution is 7.92. The molecule has 65 heavy (non-hydrogen) atoms. The zero-order valence-electron chi connectivity index (χ0n) is 36.3. The van der Waals surface area contributed by atoms with E-state index >= 15 is 8.78 Å². The van der Waals surface area contributed by atoms with Crippen LogP contribution in [0.1, 0.15) is 115 Å². The van der Waals surface area contributed by atoms with E-state index in [-0.39, 0.29) is 39.4 Å². The number of para-hydroxylation sites is 2. The number of unbranched alkanes of at least 4 members (excludes halogenated alkanes) is 15. The van der Waals surface area contributed by atoms with E-state index in [1.807, 2.05) is 0 Å². The largest absolute Gasteiger partial charge is 0.491 e. The number of sulfonamides is 1. The number of carbonyl (C=O) groups is 3. The maximum atomic E-state index is 15.6. The fourth-order valence-electron chi connectivity index (χ4n) is 8.27. The number of carbonyl (C=O) groups excluding carboxylic acids is 3. The number of imide groups is 1. The van der Waals surface area contributed by atoms with Gasteiger partial charge in [0, 0.05) is 12.2 Å². The number of amides is 4. The lowest BCUT2D eigenvalue weighted by Crippen LogP contribution is -2.50. The summed E-state index contributed by atoms with van der Waals surface area (Å²) in [4.78, 5) is 44.3. The predicted octanol–water partition coefficient (Wildman–Crippen LogP) is 12.4. The summed E-state index contributed by atoms with van der Waals surface area (Å²) in [5.41, 5.74) is -1.46. The van der Waals surface area contributed by atoms with Crippen LogP contribution in [-0.2, 0) is 26.0 Å². The van der Waals surface area contributed by atoms with Gasteiger partial charge in [-0.3, -0.25) is 19.2 Å². The number of benzene rings is 4. The first kappa shape index (κ1) is 49.2. The van der Waals surface area contributed by atoms with Crippen LogP contribution in [0.25, 0.3) is 0 Å². The van der Waals surface area contributed by atoms with Crippen LogP contribution in [0, 0.1) is 29.1 Å². The molecule has 10 nitrogen and oxygen atoms in total. The average molecular weight is 945 g/mol. The highest BCUT2D eigenvalue weighted by Gasteiger charge is 2.55. The lowest BCUT2D eigenvalue weighted by Gasteiger charge is -2.26. The number of nitrogens with one attached hydrogen (secondary N) is 1. The number of fused-ring (bicyclic) bond motifs is 1. The molecule has 0 bridgehead atoms. The van der Waals surface area contributed by atoms with Gasteiger partial charge >= 0.3 is 6.03 Å². The van der Waals surface area contributed by atoms with Crippen molar-refractivity contribution in [3.63, 3.8) is 0 Å². The van der Waals surface area contributed by atoms with Crippen LogP contribution in [0.15, 0.2) is 71.6 Å². The molecule has 0 radical (unpaired) electrons. The Hall–Kier alpha value is -5.22. The molecule has 1 unspecified atom stereocenters. The molecular formula is C48H54ClF5N4O6S. The van der Waals surface area contributed by atoms with Crippen molar-refractivity contribution >= 4 is 62.2 Å². The fraction of sp³-hybridized carbons (Fsp3) is 0.438. The van der Waals surface area contributed by atoms with Gasteiger partial charge in [0.1, 0.15) is 11.4 Å². The Morgan fingerprint density at radius 1 is 0.708 bits per heavy atom. The van der Waals surface area contributed by atoms with E-state index in [0.717, 1.165) is 55.2 Å². The maximum absolute atomic E-state index is 15.6. The normalized spacial score (nSPS) is 15.0. The molecule has 0 spiro atoms. The Kier molecular flexibility index (Phi) is 17.3. The molecule has 2 heterocycles. The van der Waals surface area contributed by atoms with Gasteiger partial charge in [0.2, 0.25) is 5.82 Å². The summed E-state index contributed by atoms with van der Waals surface area (Å²) >= 11 is 6.22. The van der Waals surface area contributed by atoms with Crippen LogP contribution in [-0.4, -0.2) is 45.5 Å². The van der Waals surface area contributed by atoms with Gasteiger partial charge in [0.15, 0.2) is 29.3 Å². The quantitative estimate of drug-likeness (QED) is 0.0187. The van der Waals surface area contributed by atoms with E-state index in [1.54, 1.807) is 24.3 Å². The van der Waals surface area contributed by atoms with Crippen molar-refractivity contribution in [2.75, 3.05) is 32.6 Å². The second kappa shape index (κ2) is 22.8. The molecular weight excluding hydrogens is 891 g/mol. The molecule has 2 aliphatic heterocycles. The Morgan fingerprint density at radius 3 is 1.85 bits per heavy atom. The van der Waals surface area contributed by atoms with Gasteiger partial charge in [-0.15, -0.1) is 0 Å². The minimum Gasteiger partial charge on any atom is -0.491 e. The highest BCUT2D eigenvalue weighted by Crippen LogP contribution is 2.42.